The van der Waals surface area contributed by atoms with Gasteiger partial charge < -0.3 is 15.8 Å². The number of nitrogens with zero attached hydrogens (tertiary/aromatic N) is 3. The van der Waals surface area contributed by atoms with E-state index in [0.717, 1.165) is 54.0 Å². The molecule has 1 fully saturated rings. The van der Waals surface area contributed by atoms with Crippen LogP contribution in [0.25, 0.3) is 22.5 Å². The highest BCUT2D eigenvalue weighted by atomic mass is 35.5. The average molecular weight is 412 g/mol. The van der Waals surface area contributed by atoms with Crippen LogP contribution in [0.1, 0.15) is 18.4 Å². The van der Waals surface area contributed by atoms with Crippen molar-refractivity contribution >= 4 is 12.4 Å². The first-order valence-electron chi connectivity index (χ1n) is 9.74. The van der Waals surface area contributed by atoms with Gasteiger partial charge in [0.05, 0.1) is 18.5 Å². The smallest absolute Gasteiger partial charge is 0.232 e. The van der Waals surface area contributed by atoms with Crippen molar-refractivity contribution in [3.8, 4) is 28.4 Å². The van der Waals surface area contributed by atoms with Crippen molar-refractivity contribution in [2.75, 3.05) is 19.7 Å². The standard InChI is InChI=1S/C22H25N5O.ClH/c23-13-16-1-3-18(4-2-16)22-21(19-7-11-25-12-8-19)26-14-20(27-22)28-15-17-5-9-24-10-6-17;/h1-4,7-8,11-12,14,17,24H,5-6,9-10,13,15,23H2;1H. The maximum absolute atomic E-state index is 6.01. The van der Waals surface area contributed by atoms with Crippen LogP contribution < -0.4 is 15.8 Å². The molecule has 1 aromatic carbocycles. The molecule has 0 bridgehead atoms. The lowest BCUT2D eigenvalue weighted by Gasteiger charge is -2.22. The van der Waals surface area contributed by atoms with Crippen molar-refractivity contribution in [1.29, 1.82) is 0 Å². The van der Waals surface area contributed by atoms with E-state index in [9.17, 15) is 0 Å². The van der Waals surface area contributed by atoms with Gasteiger partial charge >= 0.3 is 0 Å². The molecule has 3 heterocycles. The zero-order valence-corrected chi connectivity index (χ0v) is 17.1. The Labute approximate surface area is 177 Å². The minimum Gasteiger partial charge on any atom is -0.476 e. The number of nitrogens with one attached hydrogen (secondary N) is 1. The van der Waals surface area contributed by atoms with Crippen molar-refractivity contribution in [2.45, 2.75) is 19.4 Å². The van der Waals surface area contributed by atoms with E-state index in [-0.39, 0.29) is 12.4 Å². The van der Waals surface area contributed by atoms with Crippen LogP contribution in [-0.4, -0.2) is 34.6 Å². The van der Waals surface area contributed by atoms with Crippen LogP contribution in [0, 0.1) is 5.92 Å². The highest BCUT2D eigenvalue weighted by molar-refractivity contribution is 5.85. The topological polar surface area (TPSA) is 86.0 Å². The molecule has 0 aliphatic carbocycles. The lowest BCUT2D eigenvalue weighted by Crippen LogP contribution is -2.30. The molecule has 1 aliphatic rings. The number of piperidine rings is 1. The maximum atomic E-state index is 6.01. The molecule has 1 saturated heterocycles. The second-order valence-corrected chi connectivity index (χ2v) is 7.05. The van der Waals surface area contributed by atoms with Crippen LogP contribution in [0.2, 0.25) is 0 Å². The van der Waals surface area contributed by atoms with E-state index in [0.29, 0.717) is 24.9 Å². The molecule has 0 atom stereocenters. The summed E-state index contributed by atoms with van der Waals surface area (Å²) in [5.41, 5.74) is 10.4. The zero-order valence-electron chi connectivity index (χ0n) is 16.3. The summed E-state index contributed by atoms with van der Waals surface area (Å²) in [6.07, 6.45) is 7.51. The summed E-state index contributed by atoms with van der Waals surface area (Å²) < 4.78 is 6.01. The molecular weight excluding hydrogens is 386 g/mol. The molecule has 0 spiro atoms. The first kappa shape index (κ1) is 21.2. The molecule has 1 aliphatic heterocycles. The van der Waals surface area contributed by atoms with Gasteiger partial charge in [-0.15, -0.1) is 12.4 Å². The van der Waals surface area contributed by atoms with Crippen LogP contribution in [-0.2, 0) is 6.54 Å². The van der Waals surface area contributed by atoms with Gasteiger partial charge in [0.15, 0.2) is 0 Å². The van der Waals surface area contributed by atoms with E-state index >= 15 is 0 Å². The van der Waals surface area contributed by atoms with Crippen LogP contribution in [0.15, 0.2) is 55.0 Å². The first-order chi connectivity index (χ1) is 13.8. The SMILES string of the molecule is Cl.NCc1ccc(-c2nc(OCC3CCNCC3)cnc2-c2ccncc2)cc1. The molecule has 0 unspecified atom stereocenters. The van der Waals surface area contributed by atoms with Crippen molar-refractivity contribution in [3.63, 3.8) is 0 Å². The summed E-state index contributed by atoms with van der Waals surface area (Å²) in [6.45, 7) is 3.30. The Bertz CT molecular complexity index is 899. The van der Waals surface area contributed by atoms with E-state index in [1.807, 2.05) is 36.4 Å². The van der Waals surface area contributed by atoms with Gasteiger partial charge in [0.1, 0.15) is 5.69 Å². The van der Waals surface area contributed by atoms with Gasteiger partial charge in [0.25, 0.3) is 0 Å². The highest BCUT2D eigenvalue weighted by Gasteiger charge is 2.16. The molecule has 4 rings (SSSR count). The van der Waals surface area contributed by atoms with E-state index < -0.39 is 0 Å². The quantitative estimate of drug-likeness (QED) is 0.646. The van der Waals surface area contributed by atoms with Crippen LogP contribution in [0.4, 0.5) is 0 Å². The largest absolute Gasteiger partial charge is 0.476 e. The van der Waals surface area contributed by atoms with Gasteiger partial charge in [-0.3, -0.25) is 4.98 Å². The Morgan fingerprint density at radius 1 is 0.966 bits per heavy atom. The third-order valence-corrected chi connectivity index (χ3v) is 5.09. The molecule has 0 saturated carbocycles. The number of halogens is 1. The van der Waals surface area contributed by atoms with Crippen LogP contribution in [0.5, 0.6) is 5.88 Å². The van der Waals surface area contributed by atoms with Gasteiger partial charge in [-0.2, -0.15) is 0 Å². The molecule has 3 N–H and O–H groups in total. The molecule has 0 radical (unpaired) electrons. The Morgan fingerprint density at radius 2 is 1.66 bits per heavy atom. The zero-order chi connectivity index (χ0) is 19.2. The van der Waals surface area contributed by atoms with Gasteiger partial charge in [-0.25, -0.2) is 9.97 Å². The van der Waals surface area contributed by atoms with E-state index in [4.69, 9.17) is 15.5 Å². The molecule has 6 nitrogen and oxygen atoms in total. The fourth-order valence-electron chi connectivity index (χ4n) is 3.42. The Kier molecular flexibility index (Phi) is 7.52. The highest BCUT2D eigenvalue weighted by Crippen LogP contribution is 2.30. The maximum Gasteiger partial charge on any atom is 0.232 e. The predicted molar refractivity (Wildman–Crippen MR) is 117 cm³/mol. The summed E-state index contributed by atoms with van der Waals surface area (Å²) in [4.78, 5) is 13.6. The van der Waals surface area contributed by atoms with E-state index in [2.05, 4.69) is 15.3 Å². The lowest BCUT2D eigenvalue weighted by molar-refractivity contribution is 0.208. The second kappa shape index (κ2) is 10.3. The molecule has 7 heteroatoms. The average Bonchev–Trinajstić information content (AvgIpc) is 2.79. The fraction of sp³-hybridized carbons (Fsp3) is 0.318. The minimum absolute atomic E-state index is 0. The Morgan fingerprint density at radius 3 is 2.34 bits per heavy atom. The normalized spacial score (nSPS) is 14.2. The number of benzene rings is 1. The van der Waals surface area contributed by atoms with Crippen molar-refractivity contribution in [2.24, 2.45) is 11.7 Å². The fourth-order valence-corrected chi connectivity index (χ4v) is 3.42. The number of aromatic nitrogens is 3. The monoisotopic (exact) mass is 411 g/mol. The van der Waals surface area contributed by atoms with Crippen molar-refractivity contribution in [1.82, 2.24) is 20.3 Å². The first-order valence-corrected chi connectivity index (χ1v) is 9.74. The summed E-state index contributed by atoms with van der Waals surface area (Å²) in [5, 5.41) is 3.38. The summed E-state index contributed by atoms with van der Waals surface area (Å²) in [5.74, 6) is 1.13. The van der Waals surface area contributed by atoms with Gasteiger partial charge in [0.2, 0.25) is 5.88 Å². The van der Waals surface area contributed by atoms with E-state index in [1.54, 1.807) is 18.6 Å². The molecule has 0 amide bonds. The number of hydrogen-bond donors (Lipinski definition) is 2. The molecule has 2 aromatic heterocycles. The molecule has 3 aromatic rings. The molecule has 29 heavy (non-hydrogen) atoms. The van der Waals surface area contributed by atoms with Gasteiger partial charge in [-0.1, -0.05) is 24.3 Å². The van der Waals surface area contributed by atoms with Gasteiger partial charge in [0, 0.05) is 30.1 Å². The summed E-state index contributed by atoms with van der Waals surface area (Å²) in [7, 11) is 0. The number of ether oxygens (including phenoxy) is 1. The predicted octanol–water partition coefficient (Wildman–Crippen LogP) is 3.46. The van der Waals surface area contributed by atoms with E-state index in [1.165, 1.54) is 0 Å². The number of rotatable bonds is 6. The third kappa shape index (κ3) is 5.29. The van der Waals surface area contributed by atoms with Crippen LogP contribution >= 0.6 is 12.4 Å². The van der Waals surface area contributed by atoms with Crippen molar-refractivity contribution in [3.05, 3.63) is 60.6 Å². The number of pyridine rings is 1. The third-order valence-electron chi connectivity index (χ3n) is 5.09. The lowest BCUT2D eigenvalue weighted by atomic mass is 9.99. The molecular formula is C22H26ClN5O. The molecule has 152 valence electrons. The Hall–Kier alpha value is -2.54. The summed E-state index contributed by atoms with van der Waals surface area (Å²) in [6, 6.07) is 12.0. The van der Waals surface area contributed by atoms with Crippen LogP contribution in [0.3, 0.4) is 0 Å². The number of hydrogen-bond acceptors (Lipinski definition) is 6. The second-order valence-electron chi connectivity index (χ2n) is 7.05. The summed E-state index contributed by atoms with van der Waals surface area (Å²) >= 11 is 0. The number of nitrogens with two attached hydrogens (primary N) is 1. The van der Waals surface area contributed by atoms with Gasteiger partial charge in [-0.05, 0) is 49.5 Å². The minimum atomic E-state index is 0. The van der Waals surface area contributed by atoms with Crippen molar-refractivity contribution < 1.29 is 4.74 Å². The Balaban J connectivity index is 0.00000240.